The number of unbranched alkanes of at least 4 members (excludes halogenated alkanes) is 19. The molecule has 6 heteroatoms. The number of rotatable bonds is 52. The van der Waals surface area contributed by atoms with Crippen LogP contribution in [0.2, 0.25) is 0 Å². The molecule has 0 heterocycles. The van der Waals surface area contributed by atoms with Crippen LogP contribution in [0.1, 0.15) is 252 Å². The number of hydrogen-bond acceptors (Lipinski definition) is 6. The topological polar surface area (TPSA) is 78.9 Å². The van der Waals surface area contributed by atoms with Crippen molar-refractivity contribution in [2.45, 2.75) is 258 Å². The standard InChI is InChI=1S/C67H108O6/c1-4-7-10-13-16-19-22-25-28-31-33-36-39-42-45-48-51-54-57-60-66(69)72-63-64(62-71-65(68)59-56-53-50-47-44-41-38-35-30-27-24-21-18-15-12-9-6-3)73-67(70)61-58-55-52-49-46-43-40-37-34-32-29-26-23-20-17-14-11-8-5-2/h9,12,16,18-19,21,25-30,33,36,38,41-42,45,47,50-51,54,64H,4-8,10-11,13-15,17,20,22-24,31-32,34-35,37,39-40,43-44,46,48-49,52-53,55-63H2,1-3H3/b12-9-,19-16-,21-18-,28-25-,29-26-,30-27-,36-33-,41-38-,45-42-,50-47-,54-51-/t64-/m1/s1. The lowest BCUT2D eigenvalue weighted by Crippen LogP contribution is -2.30. The van der Waals surface area contributed by atoms with Gasteiger partial charge in [-0.3, -0.25) is 14.4 Å². The van der Waals surface area contributed by atoms with E-state index in [1.165, 1.54) is 116 Å². The Morgan fingerprint density at radius 1 is 0.288 bits per heavy atom. The summed E-state index contributed by atoms with van der Waals surface area (Å²) in [6, 6.07) is 0. The predicted octanol–water partition coefficient (Wildman–Crippen LogP) is 20.2. The molecule has 0 aromatic heterocycles. The van der Waals surface area contributed by atoms with E-state index in [4.69, 9.17) is 14.2 Å². The van der Waals surface area contributed by atoms with Gasteiger partial charge in [-0.05, 0) is 122 Å². The fraction of sp³-hybridized carbons (Fsp3) is 0.627. The molecule has 0 radical (unpaired) electrons. The Bertz CT molecular complexity index is 1580. The summed E-state index contributed by atoms with van der Waals surface area (Å²) in [6.07, 6.45) is 84.6. The van der Waals surface area contributed by atoms with E-state index in [9.17, 15) is 14.4 Å². The van der Waals surface area contributed by atoms with Crippen LogP contribution in [0.3, 0.4) is 0 Å². The van der Waals surface area contributed by atoms with Crippen LogP contribution in [0.4, 0.5) is 0 Å². The van der Waals surface area contributed by atoms with Crippen LogP contribution in [0.25, 0.3) is 0 Å². The van der Waals surface area contributed by atoms with E-state index in [1.807, 2.05) is 6.08 Å². The molecule has 0 spiro atoms. The van der Waals surface area contributed by atoms with E-state index in [0.717, 1.165) is 83.5 Å². The molecule has 6 nitrogen and oxygen atoms in total. The first kappa shape index (κ1) is 68.6. The minimum atomic E-state index is -0.838. The van der Waals surface area contributed by atoms with Crippen molar-refractivity contribution in [2.24, 2.45) is 0 Å². The molecule has 0 saturated heterocycles. The summed E-state index contributed by atoms with van der Waals surface area (Å²) in [6.45, 7) is 6.38. The van der Waals surface area contributed by atoms with Gasteiger partial charge in [-0.1, -0.05) is 244 Å². The summed E-state index contributed by atoms with van der Waals surface area (Å²) in [4.78, 5) is 38.2. The molecule has 0 aliphatic carbocycles. The van der Waals surface area contributed by atoms with Crippen LogP contribution in [0, 0.1) is 0 Å². The molecule has 0 aromatic rings. The second-order valence-electron chi connectivity index (χ2n) is 19.2. The number of carbonyl (C=O) groups is 3. The van der Waals surface area contributed by atoms with Crippen LogP contribution >= 0.6 is 0 Å². The van der Waals surface area contributed by atoms with Gasteiger partial charge in [-0.25, -0.2) is 0 Å². The van der Waals surface area contributed by atoms with Gasteiger partial charge in [0.05, 0.1) is 0 Å². The quantitative estimate of drug-likeness (QED) is 0.0261. The minimum Gasteiger partial charge on any atom is -0.462 e. The third-order valence-electron chi connectivity index (χ3n) is 12.1. The molecule has 0 rings (SSSR count). The van der Waals surface area contributed by atoms with Gasteiger partial charge in [0.15, 0.2) is 6.10 Å². The highest BCUT2D eigenvalue weighted by molar-refractivity contribution is 5.71. The van der Waals surface area contributed by atoms with Gasteiger partial charge >= 0.3 is 17.9 Å². The van der Waals surface area contributed by atoms with Gasteiger partial charge in [-0.2, -0.15) is 0 Å². The van der Waals surface area contributed by atoms with Gasteiger partial charge in [-0.15, -0.1) is 0 Å². The summed E-state index contributed by atoms with van der Waals surface area (Å²) >= 11 is 0. The zero-order valence-electron chi connectivity index (χ0n) is 47.1. The Hall–Kier alpha value is -4.45. The smallest absolute Gasteiger partial charge is 0.306 e. The molecule has 1 atom stereocenters. The molecule has 412 valence electrons. The van der Waals surface area contributed by atoms with Crippen molar-refractivity contribution in [3.05, 3.63) is 134 Å². The predicted molar refractivity (Wildman–Crippen MR) is 316 cm³/mol. The van der Waals surface area contributed by atoms with Gasteiger partial charge in [0, 0.05) is 19.3 Å². The molecule has 73 heavy (non-hydrogen) atoms. The van der Waals surface area contributed by atoms with Crippen LogP contribution in [-0.4, -0.2) is 37.2 Å². The van der Waals surface area contributed by atoms with Crippen molar-refractivity contribution in [3.63, 3.8) is 0 Å². The maximum atomic E-state index is 12.9. The van der Waals surface area contributed by atoms with Crippen LogP contribution in [-0.2, 0) is 28.6 Å². The number of esters is 3. The van der Waals surface area contributed by atoms with Crippen molar-refractivity contribution in [3.8, 4) is 0 Å². The molecule has 0 amide bonds. The molecule has 0 saturated carbocycles. The average molecular weight is 1010 g/mol. The number of hydrogen-bond donors (Lipinski definition) is 0. The van der Waals surface area contributed by atoms with E-state index < -0.39 is 6.10 Å². The maximum Gasteiger partial charge on any atom is 0.306 e. The minimum absolute atomic E-state index is 0.135. The highest BCUT2D eigenvalue weighted by atomic mass is 16.6. The first-order chi connectivity index (χ1) is 36.0. The molecular weight excluding hydrogens is 901 g/mol. The normalized spacial score (nSPS) is 13.1. The zero-order chi connectivity index (χ0) is 52.9. The summed E-state index contributed by atoms with van der Waals surface area (Å²) in [5.41, 5.74) is 0. The van der Waals surface area contributed by atoms with Gasteiger partial charge < -0.3 is 14.2 Å². The number of carbonyl (C=O) groups excluding carboxylic acids is 3. The van der Waals surface area contributed by atoms with Crippen molar-refractivity contribution in [1.29, 1.82) is 0 Å². The first-order valence-corrected chi connectivity index (χ1v) is 29.7. The Balaban J connectivity index is 4.59. The van der Waals surface area contributed by atoms with E-state index in [1.54, 1.807) is 0 Å². The Morgan fingerprint density at radius 2 is 0.575 bits per heavy atom. The van der Waals surface area contributed by atoms with Crippen LogP contribution < -0.4 is 0 Å². The number of ether oxygens (including phenoxy) is 3. The van der Waals surface area contributed by atoms with Gasteiger partial charge in [0.25, 0.3) is 0 Å². The molecule has 0 aliphatic heterocycles. The Labute approximate surface area is 449 Å². The highest BCUT2D eigenvalue weighted by Gasteiger charge is 2.19. The molecule has 0 fully saturated rings. The van der Waals surface area contributed by atoms with E-state index in [2.05, 4.69) is 148 Å². The van der Waals surface area contributed by atoms with Gasteiger partial charge in [0.1, 0.15) is 13.2 Å². The maximum absolute atomic E-state index is 12.9. The van der Waals surface area contributed by atoms with E-state index in [-0.39, 0.29) is 44.0 Å². The summed E-state index contributed by atoms with van der Waals surface area (Å²) < 4.78 is 16.8. The third-order valence-corrected chi connectivity index (χ3v) is 12.1. The van der Waals surface area contributed by atoms with E-state index >= 15 is 0 Å². The molecule has 0 bridgehead atoms. The van der Waals surface area contributed by atoms with E-state index in [0.29, 0.717) is 19.3 Å². The summed E-state index contributed by atoms with van der Waals surface area (Å²) in [5.74, 6) is -1.08. The van der Waals surface area contributed by atoms with Crippen molar-refractivity contribution < 1.29 is 28.6 Å². The van der Waals surface area contributed by atoms with Crippen molar-refractivity contribution >= 4 is 17.9 Å². The summed E-state index contributed by atoms with van der Waals surface area (Å²) in [5, 5.41) is 0. The average Bonchev–Trinajstić information content (AvgIpc) is 3.39. The molecule has 0 aromatic carbocycles. The second kappa shape index (κ2) is 60.1. The molecule has 0 N–H and O–H groups in total. The SMILES string of the molecule is CC/C=C\C/C=C\C/C=C\C/C=C\C/C=C\CCCC(=O)OC[C@H](COC(=O)CC/C=C\C/C=C\C/C=C\C/C=C\C/C=C\CCCCC)OC(=O)CCCCCCCCCCC/C=C\CCCCCCCC. The molecule has 0 aliphatic rings. The van der Waals surface area contributed by atoms with Crippen molar-refractivity contribution in [1.82, 2.24) is 0 Å². The van der Waals surface area contributed by atoms with Crippen molar-refractivity contribution in [2.75, 3.05) is 13.2 Å². The Morgan fingerprint density at radius 3 is 1.00 bits per heavy atom. The first-order valence-electron chi connectivity index (χ1n) is 29.7. The van der Waals surface area contributed by atoms with Gasteiger partial charge in [0.2, 0.25) is 0 Å². The lowest BCUT2D eigenvalue weighted by atomic mass is 10.1. The third kappa shape index (κ3) is 58.3. The zero-order valence-corrected chi connectivity index (χ0v) is 47.1. The molecule has 0 unspecified atom stereocenters. The number of allylic oxidation sites excluding steroid dienone is 22. The van der Waals surface area contributed by atoms with Crippen LogP contribution in [0.5, 0.6) is 0 Å². The fourth-order valence-corrected chi connectivity index (χ4v) is 7.69. The lowest BCUT2D eigenvalue weighted by molar-refractivity contribution is -0.166. The second-order valence-corrected chi connectivity index (χ2v) is 19.2. The lowest BCUT2D eigenvalue weighted by Gasteiger charge is -2.18. The fourth-order valence-electron chi connectivity index (χ4n) is 7.69. The molecular formula is C67H108O6. The highest BCUT2D eigenvalue weighted by Crippen LogP contribution is 2.14. The largest absolute Gasteiger partial charge is 0.462 e. The Kier molecular flexibility index (Phi) is 56.4. The van der Waals surface area contributed by atoms with Crippen LogP contribution in [0.15, 0.2) is 134 Å². The summed E-state index contributed by atoms with van der Waals surface area (Å²) in [7, 11) is 0. The monoisotopic (exact) mass is 1010 g/mol.